The van der Waals surface area contributed by atoms with Crippen LogP contribution in [0.5, 0.6) is 5.75 Å². The number of hydrogen-bond donors (Lipinski definition) is 0. The minimum absolute atomic E-state index is 0.185. The third-order valence-electron chi connectivity index (χ3n) is 4.63. The van der Waals surface area contributed by atoms with E-state index in [0.29, 0.717) is 12.6 Å². The number of carbonyl (C=O) groups is 1. The van der Waals surface area contributed by atoms with Gasteiger partial charge in [-0.1, -0.05) is 30.2 Å². The van der Waals surface area contributed by atoms with Crippen LogP contribution in [0.3, 0.4) is 0 Å². The van der Waals surface area contributed by atoms with Crippen LogP contribution in [-0.4, -0.2) is 24.0 Å². The van der Waals surface area contributed by atoms with Crippen molar-refractivity contribution in [1.82, 2.24) is 4.90 Å². The van der Waals surface area contributed by atoms with E-state index in [0.717, 1.165) is 37.0 Å². The van der Waals surface area contributed by atoms with Gasteiger partial charge >= 0.3 is 0 Å². The number of rotatable bonds is 5. The van der Waals surface area contributed by atoms with Crippen molar-refractivity contribution in [3.05, 3.63) is 41.5 Å². The lowest BCUT2D eigenvalue weighted by atomic mass is 9.94. The maximum absolute atomic E-state index is 12.7. The Morgan fingerprint density at radius 1 is 1.23 bits per heavy atom. The molecule has 0 saturated heterocycles. The topological polar surface area (TPSA) is 29.5 Å². The van der Waals surface area contributed by atoms with Gasteiger partial charge in [0.15, 0.2) is 0 Å². The normalized spacial score (nSPS) is 18.0. The van der Waals surface area contributed by atoms with Crippen molar-refractivity contribution < 1.29 is 9.53 Å². The Labute approximate surface area is 133 Å². The molecule has 2 aliphatic carbocycles. The minimum atomic E-state index is 0.185. The van der Waals surface area contributed by atoms with Crippen molar-refractivity contribution >= 4 is 5.91 Å². The Bertz CT molecular complexity index is 552. The summed E-state index contributed by atoms with van der Waals surface area (Å²) in [5.41, 5.74) is 2.43. The van der Waals surface area contributed by atoms with Gasteiger partial charge in [0.1, 0.15) is 5.75 Å². The van der Waals surface area contributed by atoms with Crippen molar-refractivity contribution in [1.29, 1.82) is 0 Å². The molecule has 3 rings (SSSR count). The first-order valence-electron chi connectivity index (χ1n) is 8.40. The van der Waals surface area contributed by atoms with Crippen LogP contribution in [0.15, 0.2) is 35.9 Å². The number of ether oxygens (including phenoxy) is 1. The van der Waals surface area contributed by atoms with Crippen LogP contribution < -0.4 is 4.74 Å². The van der Waals surface area contributed by atoms with Crippen LogP contribution in [0.4, 0.5) is 0 Å². The molecule has 118 valence electrons. The van der Waals surface area contributed by atoms with Crippen molar-refractivity contribution in [3.63, 3.8) is 0 Å². The number of allylic oxidation sites excluding steroid dienone is 1. The second-order valence-electron chi connectivity index (χ2n) is 6.37. The van der Waals surface area contributed by atoms with Gasteiger partial charge in [0, 0.05) is 24.2 Å². The lowest BCUT2D eigenvalue weighted by molar-refractivity contribution is -0.127. The van der Waals surface area contributed by atoms with Gasteiger partial charge in [-0.15, -0.1) is 0 Å². The van der Waals surface area contributed by atoms with E-state index < -0.39 is 0 Å². The molecule has 3 nitrogen and oxygen atoms in total. The average Bonchev–Trinajstić information content (AvgIpc) is 3.38. The molecule has 0 heterocycles. The Morgan fingerprint density at radius 2 is 1.95 bits per heavy atom. The third kappa shape index (κ3) is 3.70. The molecule has 2 fully saturated rings. The molecule has 22 heavy (non-hydrogen) atoms. The largest absolute Gasteiger partial charge is 0.496 e. The van der Waals surface area contributed by atoms with Gasteiger partial charge in [0.25, 0.3) is 0 Å². The molecule has 3 heteroatoms. The highest BCUT2D eigenvalue weighted by molar-refractivity contribution is 5.88. The lowest BCUT2D eigenvalue weighted by Crippen LogP contribution is -2.31. The van der Waals surface area contributed by atoms with Gasteiger partial charge in [-0.05, 0) is 44.6 Å². The van der Waals surface area contributed by atoms with Crippen LogP contribution in [0, 0.1) is 0 Å². The molecule has 2 aliphatic rings. The van der Waals surface area contributed by atoms with E-state index in [9.17, 15) is 4.79 Å². The molecule has 0 unspecified atom stereocenters. The summed E-state index contributed by atoms with van der Waals surface area (Å²) in [6.45, 7) is 0.650. The molecule has 1 aromatic carbocycles. The summed E-state index contributed by atoms with van der Waals surface area (Å²) < 4.78 is 5.42. The third-order valence-corrected chi connectivity index (χ3v) is 4.63. The summed E-state index contributed by atoms with van der Waals surface area (Å²) in [4.78, 5) is 14.7. The fraction of sp³-hybridized carbons (Fsp3) is 0.526. The fourth-order valence-electron chi connectivity index (χ4n) is 3.20. The van der Waals surface area contributed by atoms with E-state index in [1.165, 1.54) is 24.8 Å². The zero-order valence-corrected chi connectivity index (χ0v) is 13.4. The maximum Gasteiger partial charge on any atom is 0.247 e. The maximum atomic E-state index is 12.7. The first-order chi connectivity index (χ1) is 10.8. The molecule has 0 aromatic heterocycles. The van der Waals surface area contributed by atoms with Crippen LogP contribution in [-0.2, 0) is 11.3 Å². The Morgan fingerprint density at radius 3 is 2.64 bits per heavy atom. The smallest absolute Gasteiger partial charge is 0.247 e. The minimum Gasteiger partial charge on any atom is -0.496 e. The second-order valence-corrected chi connectivity index (χ2v) is 6.37. The van der Waals surface area contributed by atoms with E-state index >= 15 is 0 Å². The second kappa shape index (κ2) is 6.99. The van der Waals surface area contributed by atoms with Crippen molar-refractivity contribution in [3.8, 4) is 5.75 Å². The van der Waals surface area contributed by atoms with Crippen molar-refractivity contribution in [2.75, 3.05) is 7.11 Å². The predicted octanol–water partition coefficient (Wildman–Crippen LogP) is 4.08. The summed E-state index contributed by atoms with van der Waals surface area (Å²) in [7, 11) is 1.69. The van der Waals surface area contributed by atoms with E-state index in [4.69, 9.17) is 4.74 Å². The monoisotopic (exact) mass is 299 g/mol. The highest BCUT2D eigenvalue weighted by Crippen LogP contribution is 2.31. The van der Waals surface area contributed by atoms with E-state index in [1.807, 2.05) is 29.2 Å². The van der Waals surface area contributed by atoms with Gasteiger partial charge in [0.2, 0.25) is 5.91 Å². The van der Waals surface area contributed by atoms with Gasteiger partial charge < -0.3 is 9.64 Å². The summed E-state index contributed by atoms with van der Waals surface area (Å²) in [6, 6.07) is 8.40. The quantitative estimate of drug-likeness (QED) is 0.767. The SMILES string of the molecule is COc1ccccc1CN(C(=O)C=C1CCCCC1)C1CC1. The van der Waals surface area contributed by atoms with Gasteiger partial charge in [-0.25, -0.2) is 0 Å². The summed E-state index contributed by atoms with van der Waals surface area (Å²) >= 11 is 0. The number of para-hydroxylation sites is 1. The lowest BCUT2D eigenvalue weighted by Gasteiger charge is -2.23. The fourth-order valence-corrected chi connectivity index (χ4v) is 3.20. The zero-order valence-electron chi connectivity index (χ0n) is 13.4. The molecule has 1 aromatic rings. The number of carbonyl (C=O) groups excluding carboxylic acids is 1. The van der Waals surface area contributed by atoms with E-state index in [-0.39, 0.29) is 5.91 Å². The van der Waals surface area contributed by atoms with Crippen LogP contribution >= 0.6 is 0 Å². The molecule has 0 atom stereocenters. The van der Waals surface area contributed by atoms with E-state index in [1.54, 1.807) is 7.11 Å². The number of amides is 1. The summed E-state index contributed by atoms with van der Waals surface area (Å²) in [5, 5.41) is 0. The van der Waals surface area contributed by atoms with Crippen LogP contribution in [0.1, 0.15) is 50.5 Å². The Balaban J connectivity index is 1.73. The predicted molar refractivity (Wildman–Crippen MR) is 87.7 cm³/mol. The molecule has 0 N–H and O–H groups in total. The number of hydrogen-bond acceptors (Lipinski definition) is 2. The highest BCUT2D eigenvalue weighted by atomic mass is 16.5. The molecule has 2 saturated carbocycles. The Hall–Kier alpha value is -1.77. The summed E-state index contributed by atoms with van der Waals surface area (Å²) in [6.07, 6.45) is 10.1. The highest BCUT2D eigenvalue weighted by Gasteiger charge is 2.32. The number of methoxy groups -OCH3 is 1. The molecular weight excluding hydrogens is 274 g/mol. The standard InChI is InChI=1S/C19H25NO2/c1-22-18-10-6-5-9-16(18)14-20(17-11-12-17)19(21)13-15-7-3-2-4-8-15/h5-6,9-10,13,17H,2-4,7-8,11-12,14H2,1H3. The molecule has 0 aliphatic heterocycles. The van der Waals surface area contributed by atoms with E-state index in [2.05, 4.69) is 6.07 Å². The molecule has 0 bridgehead atoms. The van der Waals surface area contributed by atoms with Gasteiger partial charge in [-0.2, -0.15) is 0 Å². The summed E-state index contributed by atoms with van der Waals surface area (Å²) in [5.74, 6) is 1.05. The first-order valence-corrected chi connectivity index (χ1v) is 8.40. The van der Waals surface area contributed by atoms with Crippen LogP contribution in [0.2, 0.25) is 0 Å². The average molecular weight is 299 g/mol. The van der Waals surface area contributed by atoms with Crippen LogP contribution in [0.25, 0.3) is 0 Å². The van der Waals surface area contributed by atoms with Gasteiger partial charge in [-0.3, -0.25) is 4.79 Å². The number of nitrogens with zero attached hydrogens (tertiary/aromatic N) is 1. The first kappa shape index (κ1) is 15.1. The molecule has 0 radical (unpaired) electrons. The Kier molecular flexibility index (Phi) is 4.81. The van der Waals surface area contributed by atoms with Crippen molar-refractivity contribution in [2.45, 2.75) is 57.5 Å². The van der Waals surface area contributed by atoms with Crippen molar-refractivity contribution in [2.24, 2.45) is 0 Å². The molecular formula is C19H25NO2. The molecule has 0 spiro atoms. The molecule has 1 amide bonds. The van der Waals surface area contributed by atoms with Gasteiger partial charge in [0.05, 0.1) is 7.11 Å². The number of benzene rings is 1. The zero-order chi connectivity index (χ0) is 15.4.